The van der Waals surface area contributed by atoms with Crippen LogP contribution in [0.4, 0.5) is 5.69 Å². The number of hydrogen-bond acceptors (Lipinski definition) is 4. The van der Waals surface area contributed by atoms with Gasteiger partial charge in [0, 0.05) is 31.2 Å². The molecule has 1 unspecified atom stereocenters. The van der Waals surface area contributed by atoms with E-state index in [1.54, 1.807) is 13.3 Å². The van der Waals surface area contributed by atoms with E-state index in [1.165, 1.54) is 5.57 Å². The Labute approximate surface area is 149 Å². The van der Waals surface area contributed by atoms with E-state index in [4.69, 9.17) is 4.74 Å². The summed E-state index contributed by atoms with van der Waals surface area (Å²) in [7, 11) is 3.69. The zero-order valence-corrected chi connectivity index (χ0v) is 15.2. The van der Waals surface area contributed by atoms with Crippen molar-refractivity contribution in [3.63, 3.8) is 0 Å². The third-order valence-electron chi connectivity index (χ3n) is 5.13. The number of methoxy groups -OCH3 is 1. The van der Waals surface area contributed by atoms with Crippen LogP contribution in [-0.2, 0) is 0 Å². The van der Waals surface area contributed by atoms with Gasteiger partial charge in [-0.15, -0.1) is 0 Å². The number of nitrogens with one attached hydrogen (secondary N) is 1. The molecule has 1 aliphatic carbocycles. The summed E-state index contributed by atoms with van der Waals surface area (Å²) in [5.74, 6) is 1.56. The third-order valence-corrected chi connectivity index (χ3v) is 5.13. The molecule has 0 saturated carbocycles. The van der Waals surface area contributed by atoms with Gasteiger partial charge in [-0.3, -0.25) is 0 Å². The Morgan fingerprint density at radius 1 is 1.40 bits per heavy atom. The Morgan fingerprint density at radius 2 is 2.20 bits per heavy atom. The van der Waals surface area contributed by atoms with Gasteiger partial charge in [-0.25, -0.2) is 4.98 Å². The van der Waals surface area contributed by atoms with E-state index in [9.17, 15) is 5.26 Å². The highest BCUT2D eigenvalue weighted by atomic mass is 16.5. The van der Waals surface area contributed by atoms with Gasteiger partial charge < -0.3 is 14.6 Å². The van der Waals surface area contributed by atoms with Crippen molar-refractivity contribution in [2.45, 2.75) is 32.7 Å². The van der Waals surface area contributed by atoms with Crippen LogP contribution in [-0.4, -0.2) is 30.2 Å². The molecule has 1 aliphatic rings. The lowest BCUT2D eigenvalue weighted by Crippen LogP contribution is -2.44. The lowest BCUT2D eigenvalue weighted by molar-refractivity contribution is 0.285. The number of nitriles is 1. The fourth-order valence-corrected chi connectivity index (χ4v) is 3.53. The van der Waals surface area contributed by atoms with Crippen molar-refractivity contribution >= 4 is 11.3 Å². The maximum atomic E-state index is 9.19. The first kappa shape index (κ1) is 17.1. The second-order valence-corrected chi connectivity index (χ2v) is 7.17. The smallest absolute Gasteiger partial charge is 0.138 e. The Hall–Kier alpha value is -2.74. The van der Waals surface area contributed by atoms with Crippen LogP contribution in [0, 0.1) is 16.7 Å². The third kappa shape index (κ3) is 3.25. The summed E-state index contributed by atoms with van der Waals surface area (Å²) in [6.07, 6.45) is 8.07. The SMILES string of the molecule is COc1cc(N(C)C2C=C(c3ncc[nH]3)CCC2(C)C)ccc1C#N. The predicted octanol–water partition coefficient (Wildman–Crippen LogP) is 4.00. The van der Waals surface area contributed by atoms with Crippen LogP contribution in [0.15, 0.2) is 36.7 Å². The Bertz CT molecular complexity index is 815. The molecule has 0 radical (unpaired) electrons. The summed E-state index contributed by atoms with van der Waals surface area (Å²) in [5, 5.41) is 9.19. The first-order chi connectivity index (χ1) is 12.0. The number of H-pyrrole nitrogens is 1. The molecule has 1 aromatic heterocycles. The van der Waals surface area contributed by atoms with Crippen LogP contribution >= 0.6 is 0 Å². The van der Waals surface area contributed by atoms with Crippen molar-refractivity contribution in [1.29, 1.82) is 5.26 Å². The minimum Gasteiger partial charge on any atom is -0.495 e. The van der Waals surface area contributed by atoms with Crippen molar-refractivity contribution in [1.82, 2.24) is 9.97 Å². The largest absolute Gasteiger partial charge is 0.495 e. The van der Waals surface area contributed by atoms with E-state index < -0.39 is 0 Å². The number of imidazole rings is 1. The summed E-state index contributed by atoms with van der Waals surface area (Å²) in [4.78, 5) is 9.87. The van der Waals surface area contributed by atoms with Crippen LogP contribution in [0.1, 0.15) is 38.1 Å². The maximum Gasteiger partial charge on any atom is 0.138 e. The lowest BCUT2D eigenvalue weighted by atomic mass is 9.73. The second-order valence-electron chi connectivity index (χ2n) is 7.17. The summed E-state index contributed by atoms with van der Waals surface area (Å²) in [6, 6.07) is 8.12. The molecule has 3 rings (SSSR count). The lowest BCUT2D eigenvalue weighted by Gasteiger charge is -2.43. The van der Waals surface area contributed by atoms with E-state index in [0.29, 0.717) is 11.3 Å². The predicted molar refractivity (Wildman–Crippen MR) is 99.5 cm³/mol. The fourth-order valence-electron chi connectivity index (χ4n) is 3.53. The standard InChI is InChI=1S/C20H24N4O/c1-20(2)8-7-14(19-22-9-10-23-19)11-18(20)24(3)16-6-5-15(13-21)17(12-16)25-4/h5-6,9-12,18H,7-8H2,1-4H3,(H,22,23). The van der Waals surface area contributed by atoms with Gasteiger partial charge in [0.1, 0.15) is 17.6 Å². The molecule has 0 bridgehead atoms. The monoisotopic (exact) mass is 336 g/mol. The van der Waals surface area contributed by atoms with Gasteiger partial charge in [0.2, 0.25) is 0 Å². The molecule has 0 amide bonds. The highest BCUT2D eigenvalue weighted by Crippen LogP contribution is 2.41. The van der Waals surface area contributed by atoms with Gasteiger partial charge >= 0.3 is 0 Å². The molecule has 0 fully saturated rings. The first-order valence-corrected chi connectivity index (χ1v) is 8.47. The second kappa shape index (κ2) is 6.64. The summed E-state index contributed by atoms with van der Waals surface area (Å²) >= 11 is 0. The van der Waals surface area contributed by atoms with Crippen LogP contribution < -0.4 is 9.64 Å². The molecular weight excluding hydrogens is 312 g/mol. The minimum atomic E-state index is 0.131. The average molecular weight is 336 g/mol. The molecule has 0 saturated heterocycles. The topological polar surface area (TPSA) is 64.9 Å². The Morgan fingerprint density at radius 3 is 2.84 bits per heavy atom. The summed E-state index contributed by atoms with van der Waals surface area (Å²) in [5.41, 5.74) is 2.97. The zero-order chi connectivity index (χ0) is 18.0. The number of aromatic nitrogens is 2. The van der Waals surface area contributed by atoms with Gasteiger partial charge in [-0.2, -0.15) is 5.26 Å². The van der Waals surface area contributed by atoms with Crippen LogP contribution in [0.2, 0.25) is 0 Å². The molecule has 2 aromatic rings. The maximum absolute atomic E-state index is 9.19. The molecule has 1 atom stereocenters. The summed E-state index contributed by atoms with van der Waals surface area (Å²) in [6.45, 7) is 4.59. The van der Waals surface area contributed by atoms with E-state index >= 15 is 0 Å². The normalized spacial score (nSPS) is 19.0. The molecule has 25 heavy (non-hydrogen) atoms. The van der Waals surface area contributed by atoms with E-state index in [2.05, 4.69) is 47.9 Å². The number of hydrogen-bond donors (Lipinski definition) is 1. The quantitative estimate of drug-likeness (QED) is 0.916. The van der Waals surface area contributed by atoms with E-state index in [1.807, 2.05) is 24.4 Å². The number of aromatic amines is 1. The van der Waals surface area contributed by atoms with Crippen molar-refractivity contribution < 1.29 is 4.74 Å². The number of ether oxygens (including phenoxy) is 1. The highest BCUT2D eigenvalue weighted by Gasteiger charge is 2.35. The van der Waals surface area contributed by atoms with E-state index in [0.717, 1.165) is 24.4 Å². The van der Waals surface area contributed by atoms with Crippen LogP contribution in [0.3, 0.4) is 0 Å². The number of likely N-dealkylation sites (N-methyl/N-ethyl adjacent to an activating group) is 1. The molecule has 5 heteroatoms. The molecule has 130 valence electrons. The Balaban J connectivity index is 1.97. The molecule has 1 aromatic carbocycles. The van der Waals surface area contributed by atoms with Gasteiger partial charge in [-0.1, -0.05) is 19.9 Å². The van der Waals surface area contributed by atoms with Gasteiger partial charge in [0.25, 0.3) is 0 Å². The van der Waals surface area contributed by atoms with Crippen molar-refractivity contribution in [3.05, 3.63) is 48.1 Å². The molecule has 1 N–H and O–H groups in total. The molecular formula is C20H24N4O. The molecule has 0 aliphatic heterocycles. The van der Waals surface area contributed by atoms with E-state index in [-0.39, 0.29) is 11.5 Å². The summed E-state index contributed by atoms with van der Waals surface area (Å²) < 4.78 is 5.37. The van der Waals surface area contributed by atoms with Crippen LogP contribution in [0.25, 0.3) is 5.57 Å². The van der Waals surface area contributed by atoms with Crippen molar-refractivity contribution in [2.24, 2.45) is 5.41 Å². The van der Waals surface area contributed by atoms with Crippen LogP contribution in [0.5, 0.6) is 5.75 Å². The van der Waals surface area contributed by atoms with Gasteiger partial charge in [-0.05, 0) is 36.0 Å². The first-order valence-electron chi connectivity index (χ1n) is 8.47. The number of anilines is 1. The van der Waals surface area contributed by atoms with Gasteiger partial charge in [0.15, 0.2) is 0 Å². The number of nitrogens with zero attached hydrogens (tertiary/aromatic N) is 3. The number of benzene rings is 1. The Kier molecular flexibility index (Phi) is 4.54. The van der Waals surface area contributed by atoms with Crippen molar-refractivity contribution in [3.8, 4) is 11.8 Å². The average Bonchev–Trinajstić information content (AvgIpc) is 3.15. The highest BCUT2D eigenvalue weighted by molar-refractivity contribution is 5.65. The molecule has 0 spiro atoms. The van der Waals surface area contributed by atoms with Crippen molar-refractivity contribution in [2.75, 3.05) is 19.1 Å². The fraction of sp³-hybridized carbons (Fsp3) is 0.400. The number of allylic oxidation sites excluding steroid dienone is 1. The molecule has 5 nitrogen and oxygen atoms in total. The minimum absolute atomic E-state index is 0.131. The van der Waals surface area contributed by atoms with Gasteiger partial charge in [0.05, 0.1) is 18.7 Å². The zero-order valence-electron chi connectivity index (χ0n) is 15.2. The molecule has 1 heterocycles. The number of rotatable bonds is 4.